The van der Waals surface area contributed by atoms with Gasteiger partial charge in [-0.15, -0.1) is 6.58 Å². The number of benzene rings is 2. The predicted octanol–water partition coefficient (Wildman–Crippen LogP) is 7.41. The normalized spacial score (nSPS) is 14.6. The smallest absolute Gasteiger partial charge is 0.314 e. The number of methoxy groups -OCH3 is 1. The van der Waals surface area contributed by atoms with E-state index in [1.165, 1.54) is 12.7 Å². The van der Waals surface area contributed by atoms with E-state index in [1.54, 1.807) is 0 Å². The van der Waals surface area contributed by atoms with Crippen molar-refractivity contribution in [1.29, 1.82) is 0 Å². The standard InChI is InChI=1S/C32H42ClNO5/c1-6-7-8-10-17-34-18-11-9-12-23-19-26(33)15-13-25(23)22-38-29-16-14-24(20-28(29)34)27(21-30(35)37-5)31(36)39-32(2,3)4/h6,13-16,19-20,27H,1,7-12,17-18,21-22H2,2-5H3/t27-/m0/s1. The molecule has 0 unspecified atom stereocenters. The second kappa shape index (κ2) is 14.4. The number of allylic oxidation sites excluding steroid dienone is 1. The second-order valence-electron chi connectivity index (χ2n) is 11.0. The Hall–Kier alpha value is -2.99. The molecule has 6 nitrogen and oxygen atoms in total. The number of carbonyl (C=O) groups excluding carboxylic acids is 2. The summed E-state index contributed by atoms with van der Waals surface area (Å²) in [6.45, 7) is 11.4. The molecule has 2 aromatic rings. The van der Waals surface area contributed by atoms with Crippen molar-refractivity contribution in [2.24, 2.45) is 0 Å². The van der Waals surface area contributed by atoms with Gasteiger partial charge in [-0.25, -0.2) is 0 Å². The van der Waals surface area contributed by atoms with Crippen molar-refractivity contribution < 1.29 is 23.8 Å². The Morgan fingerprint density at radius 3 is 2.64 bits per heavy atom. The van der Waals surface area contributed by atoms with Crippen LogP contribution in [0.2, 0.25) is 5.02 Å². The van der Waals surface area contributed by atoms with Gasteiger partial charge in [-0.05, 0) is 100 Å². The van der Waals surface area contributed by atoms with Crippen molar-refractivity contribution in [3.05, 3.63) is 70.8 Å². The van der Waals surface area contributed by atoms with Gasteiger partial charge in [0.1, 0.15) is 18.0 Å². The Morgan fingerprint density at radius 1 is 1.13 bits per heavy atom. The predicted molar refractivity (Wildman–Crippen MR) is 157 cm³/mol. The van der Waals surface area contributed by atoms with Gasteiger partial charge in [0.25, 0.3) is 0 Å². The highest BCUT2D eigenvalue weighted by Gasteiger charge is 2.30. The highest BCUT2D eigenvalue weighted by atomic mass is 35.5. The van der Waals surface area contributed by atoms with Crippen LogP contribution in [0.15, 0.2) is 49.1 Å². The number of hydrogen-bond acceptors (Lipinski definition) is 6. The minimum Gasteiger partial charge on any atom is -0.487 e. The maximum atomic E-state index is 13.2. The Morgan fingerprint density at radius 2 is 1.92 bits per heavy atom. The van der Waals surface area contributed by atoms with E-state index in [1.807, 2.05) is 63.2 Å². The highest BCUT2D eigenvalue weighted by Crippen LogP contribution is 2.36. The molecule has 0 fully saturated rings. The summed E-state index contributed by atoms with van der Waals surface area (Å²) >= 11 is 6.30. The van der Waals surface area contributed by atoms with E-state index in [0.29, 0.717) is 12.2 Å². The second-order valence-corrected chi connectivity index (χ2v) is 11.5. The van der Waals surface area contributed by atoms with Gasteiger partial charge in [0.2, 0.25) is 0 Å². The quantitative estimate of drug-likeness (QED) is 0.182. The zero-order valence-electron chi connectivity index (χ0n) is 23.8. The molecule has 3 rings (SSSR count). The Balaban J connectivity index is 2.02. The van der Waals surface area contributed by atoms with Crippen molar-refractivity contribution in [3.63, 3.8) is 0 Å². The number of anilines is 1. The molecule has 2 aromatic carbocycles. The molecule has 7 heteroatoms. The highest BCUT2D eigenvalue weighted by molar-refractivity contribution is 6.30. The molecule has 1 atom stereocenters. The minimum atomic E-state index is -0.786. The molecule has 1 aliphatic rings. The van der Waals surface area contributed by atoms with Crippen LogP contribution < -0.4 is 9.64 Å². The van der Waals surface area contributed by atoms with E-state index in [-0.39, 0.29) is 6.42 Å². The summed E-state index contributed by atoms with van der Waals surface area (Å²) in [6.07, 6.45) is 7.81. The van der Waals surface area contributed by atoms with Crippen molar-refractivity contribution in [3.8, 4) is 5.75 Å². The molecule has 212 valence electrons. The summed E-state index contributed by atoms with van der Waals surface area (Å²) in [4.78, 5) is 27.9. The fraction of sp³-hybridized carbons (Fsp3) is 0.500. The molecule has 0 amide bonds. The van der Waals surface area contributed by atoms with E-state index in [9.17, 15) is 9.59 Å². The molecular formula is C32H42ClNO5. The van der Waals surface area contributed by atoms with Crippen LogP contribution in [0.1, 0.15) is 81.9 Å². The topological polar surface area (TPSA) is 65.1 Å². The fourth-order valence-electron chi connectivity index (χ4n) is 4.77. The lowest BCUT2D eigenvalue weighted by atomic mass is 9.94. The molecule has 0 bridgehead atoms. The van der Waals surface area contributed by atoms with Crippen molar-refractivity contribution in [2.45, 2.75) is 83.8 Å². The maximum Gasteiger partial charge on any atom is 0.314 e. The lowest BCUT2D eigenvalue weighted by Crippen LogP contribution is -2.30. The fourth-order valence-corrected chi connectivity index (χ4v) is 4.96. The largest absolute Gasteiger partial charge is 0.487 e. The molecule has 1 heterocycles. The van der Waals surface area contributed by atoms with E-state index in [0.717, 1.165) is 73.6 Å². The molecule has 39 heavy (non-hydrogen) atoms. The van der Waals surface area contributed by atoms with Gasteiger partial charge < -0.3 is 19.1 Å². The number of carbonyl (C=O) groups is 2. The van der Waals surface area contributed by atoms with Crippen LogP contribution in [0.3, 0.4) is 0 Å². The first-order valence-corrected chi connectivity index (χ1v) is 14.2. The first kappa shape index (κ1) is 30.6. The maximum absolute atomic E-state index is 13.2. The first-order valence-electron chi connectivity index (χ1n) is 13.8. The van der Waals surface area contributed by atoms with E-state index >= 15 is 0 Å². The Bertz CT molecular complexity index is 1140. The van der Waals surface area contributed by atoms with Gasteiger partial charge in [-0.3, -0.25) is 9.59 Å². The van der Waals surface area contributed by atoms with Crippen LogP contribution in [0.5, 0.6) is 5.75 Å². The molecular weight excluding hydrogens is 514 g/mol. The lowest BCUT2D eigenvalue weighted by molar-refractivity contribution is -0.159. The summed E-state index contributed by atoms with van der Waals surface area (Å²) in [5.41, 5.74) is 3.27. The third-order valence-corrected chi connectivity index (χ3v) is 7.01. The number of rotatable bonds is 9. The molecule has 0 radical (unpaired) electrons. The summed E-state index contributed by atoms with van der Waals surface area (Å²) in [5.74, 6) is -0.958. The number of fused-ring (bicyclic) bond motifs is 2. The molecule has 0 saturated carbocycles. The SMILES string of the molecule is C=CCCCCN1CCCCc2cc(Cl)ccc2COc2ccc([C@H](CC(=O)OC)C(=O)OC(C)(C)C)cc21. The summed E-state index contributed by atoms with van der Waals surface area (Å²) < 4.78 is 17.0. The van der Waals surface area contributed by atoms with Crippen LogP contribution in [-0.4, -0.2) is 37.7 Å². The summed E-state index contributed by atoms with van der Waals surface area (Å²) in [6, 6.07) is 11.7. The van der Waals surface area contributed by atoms with Gasteiger partial charge in [-0.2, -0.15) is 0 Å². The van der Waals surface area contributed by atoms with Crippen LogP contribution in [0, 0.1) is 0 Å². The Kier molecular flexibility index (Phi) is 11.3. The zero-order chi connectivity index (χ0) is 28.4. The van der Waals surface area contributed by atoms with Gasteiger partial charge in [0, 0.05) is 18.1 Å². The monoisotopic (exact) mass is 555 g/mol. The molecule has 0 aromatic heterocycles. The van der Waals surface area contributed by atoms with Gasteiger partial charge >= 0.3 is 11.9 Å². The summed E-state index contributed by atoms with van der Waals surface area (Å²) in [7, 11) is 1.33. The number of hydrogen-bond donors (Lipinski definition) is 0. The van der Waals surface area contributed by atoms with Crippen LogP contribution in [0.4, 0.5) is 5.69 Å². The lowest BCUT2D eigenvalue weighted by Gasteiger charge is -2.29. The van der Waals surface area contributed by atoms with Gasteiger partial charge in [0.05, 0.1) is 25.1 Å². The van der Waals surface area contributed by atoms with E-state index in [4.69, 9.17) is 25.8 Å². The molecule has 0 aliphatic carbocycles. The van der Waals surface area contributed by atoms with Gasteiger partial charge in [0.15, 0.2) is 0 Å². The van der Waals surface area contributed by atoms with Crippen molar-refractivity contribution >= 4 is 29.2 Å². The zero-order valence-corrected chi connectivity index (χ0v) is 24.5. The van der Waals surface area contributed by atoms with Crippen molar-refractivity contribution in [2.75, 3.05) is 25.1 Å². The average Bonchev–Trinajstić information content (AvgIpc) is 2.91. The van der Waals surface area contributed by atoms with E-state index < -0.39 is 23.5 Å². The number of nitrogens with zero attached hydrogens (tertiary/aromatic N) is 1. The molecule has 1 aliphatic heterocycles. The minimum absolute atomic E-state index is 0.0987. The third kappa shape index (κ3) is 9.31. The van der Waals surface area contributed by atoms with Crippen LogP contribution >= 0.6 is 11.6 Å². The number of ether oxygens (including phenoxy) is 3. The molecule has 0 N–H and O–H groups in total. The van der Waals surface area contributed by atoms with Crippen LogP contribution in [-0.2, 0) is 32.1 Å². The van der Waals surface area contributed by atoms with Crippen LogP contribution in [0.25, 0.3) is 0 Å². The van der Waals surface area contributed by atoms with Crippen molar-refractivity contribution in [1.82, 2.24) is 0 Å². The molecule has 0 saturated heterocycles. The van der Waals surface area contributed by atoms with Gasteiger partial charge in [-0.1, -0.05) is 29.8 Å². The number of unbranched alkanes of at least 4 members (excludes halogenated alkanes) is 2. The number of aryl methyl sites for hydroxylation is 1. The average molecular weight is 556 g/mol. The number of esters is 2. The Labute approximate surface area is 238 Å². The summed E-state index contributed by atoms with van der Waals surface area (Å²) in [5, 5.41) is 0.733. The molecule has 0 spiro atoms. The number of halogens is 1. The van der Waals surface area contributed by atoms with E-state index in [2.05, 4.69) is 11.5 Å². The first-order chi connectivity index (χ1) is 18.6. The third-order valence-electron chi connectivity index (χ3n) is 6.78.